The monoisotopic (exact) mass is 196 g/mol. The Hall–Kier alpha value is -0.180. The van der Waals surface area contributed by atoms with Gasteiger partial charge in [-0.2, -0.15) is 0 Å². The van der Waals surface area contributed by atoms with Gasteiger partial charge in [0.05, 0.1) is 0 Å². The van der Waals surface area contributed by atoms with Crippen LogP contribution in [0.4, 0.5) is 8.78 Å². The summed E-state index contributed by atoms with van der Waals surface area (Å²) in [5, 5.41) is 8.92. The molecule has 1 atom stereocenters. The molecule has 13 heavy (non-hydrogen) atoms. The molecule has 0 radical (unpaired) electrons. The Morgan fingerprint density at radius 1 is 1.23 bits per heavy atom. The summed E-state index contributed by atoms with van der Waals surface area (Å²) in [6.45, 7) is 5.15. The number of hydrogen-bond acceptors (Lipinski definition) is 1. The van der Waals surface area contributed by atoms with Gasteiger partial charge in [0.2, 0.25) is 6.93 Å². The minimum atomic E-state index is -1.75. The Morgan fingerprint density at radius 3 is 1.92 bits per heavy atom. The van der Waals surface area contributed by atoms with Crippen LogP contribution in [0.5, 0.6) is 0 Å². The standard InChI is InChI=1S/C9H20O.CH2F2/c1-4-5-6-9(7-10)8(2)3;2-1-3/h8-10H,4-7H2,1-3H3;1H2. The first kappa shape index (κ1) is 15.3. The summed E-state index contributed by atoms with van der Waals surface area (Å²) < 4.78 is 19.2. The van der Waals surface area contributed by atoms with Gasteiger partial charge >= 0.3 is 0 Å². The zero-order valence-corrected chi connectivity index (χ0v) is 8.89. The molecule has 0 amide bonds. The molecule has 1 N–H and O–H groups in total. The first-order valence-electron chi connectivity index (χ1n) is 4.86. The molecule has 0 heterocycles. The van der Waals surface area contributed by atoms with Crippen LogP contribution in [0.15, 0.2) is 0 Å². The number of aliphatic hydroxyl groups is 1. The van der Waals surface area contributed by atoms with Crippen molar-refractivity contribution in [3.8, 4) is 0 Å². The van der Waals surface area contributed by atoms with Crippen molar-refractivity contribution < 1.29 is 13.9 Å². The van der Waals surface area contributed by atoms with Crippen molar-refractivity contribution in [2.24, 2.45) is 11.8 Å². The van der Waals surface area contributed by atoms with E-state index in [0.29, 0.717) is 18.4 Å². The normalized spacial score (nSPS) is 12.2. The molecule has 0 bridgehead atoms. The molecule has 0 saturated heterocycles. The Kier molecular flexibility index (Phi) is 13.9. The maximum atomic E-state index is 9.62. The molecule has 0 rings (SSSR count). The zero-order chi connectivity index (χ0) is 10.7. The van der Waals surface area contributed by atoms with E-state index in [1.807, 2.05) is 0 Å². The molecule has 0 aromatic carbocycles. The summed E-state index contributed by atoms with van der Waals surface area (Å²) in [5.74, 6) is 1.16. The van der Waals surface area contributed by atoms with Gasteiger partial charge in [0.1, 0.15) is 0 Å². The van der Waals surface area contributed by atoms with Crippen LogP contribution in [-0.4, -0.2) is 18.6 Å². The van der Waals surface area contributed by atoms with E-state index in [1.165, 1.54) is 19.3 Å². The van der Waals surface area contributed by atoms with E-state index in [-0.39, 0.29) is 0 Å². The molecular formula is C10H22F2O. The van der Waals surface area contributed by atoms with Gasteiger partial charge in [-0.1, -0.05) is 33.6 Å². The molecule has 0 aromatic rings. The predicted molar refractivity (Wildman–Crippen MR) is 52.0 cm³/mol. The molecule has 0 aliphatic heterocycles. The number of aliphatic hydroxyl groups excluding tert-OH is 1. The predicted octanol–water partition coefficient (Wildman–Crippen LogP) is 3.32. The van der Waals surface area contributed by atoms with Crippen LogP contribution in [0.25, 0.3) is 0 Å². The van der Waals surface area contributed by atoms with Crippen molar-refractivity contribution in [2.75, 3.05) is 13.5 Å². The Labute approximate surface area is 80.2 Å². The minimum absolute atomic E-state index is 0.359. The SMILES string of the molecule is CCCCC(CO)C(C)C.FCF. The highest BCUT2D eigenvalue weighted by Crippen LogP contribution is 2.16. The molecule has 1 unspecified atom stereocenters. The Morgan fingerprint density at radius 2 is 1.69 bits per heavy atom. The Bertz CT molecular complexity index is 87.0. The van der Waals surface area contributed by atoms with Crippen LogP contribution in [-0.2, 0) is 0 Å². The van der Waals surface area contributed by atoms with Crippen molar-refractivity contribution in [3.63, 3.8) is 0 Å². The summed E-state index contributed by atoms with van der Waals surface area (Å²) in [6.07, 6.45) is 3.68. The lowest BCUT2D eigenvalue weighted by molar-refractivity contribution is 0.179. The Balaban J connectivity index is 0. The van der Waals surface area contributed by atoms with Crippen molar-refractivity contribution >= 4 is 0 Å². The van der Waals surface area contributed by atoms with Gasteiger partial charge in [0.25, 0.3) is 0 Å². The number of unbranched alkanes of at least 4 members (excludes halogenated alkanes) is 1. The highest BCUT2D eigenvalue weighted by atomic mass is 19.3. The molecule has 0 aromatic heterocycles. The average molecular weight is 196 g/mol. The van der Waals surface area contributed by atoms with E-state index >= 15 is 0 Å². The quantitative estimate of drug-likeness (QED) is 0.715. The molecule has 0 aliphatic rings. The van der Waals surface area contributed by atoms with E-state index in [1.54, 1.807) is 0 Å². The summed E-state index contributed by atoms with van der Waals surface area (Å²) >= 11 is 0. The first-order chi connectivity index (χ1) is 6.13. The summed E-state index contributed by atoms with van der Waals surface area (Å²) in [7, 11) is 0. The largest absolute Gasteiger partial charge is 0.396 e. The second-order valence-corrected chi connectivity index (χ2v) is 3.43. The van der Waals surface area contributed by atoms with Gasteiger partial charge < -0.3 is 5.11 Å². The highest BCUT2D eigenvalue weighted by Gasteiger charge is 2.10. The second-order valence-electron chi connectivity index (χ2n) is 3.43. The molecule has 0 saturated carbocycles. The first-order valence-corrected chi connectivity index (χ1v) is 4.86. The number of halogens is 2. The smallest absolute Gasteiger partial charge is 0.229 e. The van der Waals surface area contributed by atoms with Crippen LogP contribution in [0.2, 0.25) is 0 Å². The van der Waals surface area contributed by atoms with E-state index in [4.69, 9.17) is 5.11 Å². The van der Waals surface area contributed by atoms with Gasteiger partial charge in [-0.3, -0.25) is 0 Å². The van der Waals surface area contributed by atoms with Gasteiger partial charge in [-0.05, 0) is 18.3 Å². The van der Waals surface area contributed by atoms with Crippen LogP contribution in [0.3, 0.4) is 0 Å². The van der Waals surface area contributed by atoms with Crippen molar-refractivity contribution in [1.82, 2.24) is 0 Å². The van der Waals surface area contributed by atoms with E-state index < -0.39 is 6.93 Å². The van der Waals surface area contributed by atoms with Gasteiger partial charge in [-0.25, -0.2) is 8.78 Å². The molecule has 3 heteroatoms. The number of rotatable bonds is 5. The fourth-order valence-electron chi connectivity index (χ4n) is 1.10. The van der Waals surface area contributed by atoms with Crippen molar-refractivity contribution in [3.05, 3.63) is 0 Å². The summed E-state index contributed by atoms with van der Waals surface area (Å²) in [4.78, 5) is 0. The van der Waals surface area contributed by atoms with Crippen LogP contribution < -0.4 is 0 Å². The van der Waals surface area contributed by atoms with Crippen molar-refractivity contribution in [2.45, 2.75) is 40.0 Å². The van der Waals surface area contributed by atoms with Gasteiger partial charge in [-0.15, -0.1) is 0 Å². The summed E-state index contributed by atoms with van der Waals surface area (Å²) in [5.41, 5.74) is 0. The molecule has 0 fully saturated rings. The second kappa shape index (κ2) is 11.8. The van der Waals surface area contributed by atoms with E-state index in [0.717, 1.165) is 0 Å². The number of hydrogen-bond donors (Lipinski definition) is 1. The maximum Gasteiger partial charge on any atom is 0.229 e. The third kappa shape index (κ3) is 11.8. The van der Waals surface area contributed by atoms with Crippen LogP contribution in [0, 0.1) is 11.8 Å². The lowest BCUT2D eigenvalue weighted by Gasteiger charge is -2.16. The number of alkyl halides is 2. The molecule has 0 aliphatic carbocycles. The minimum Gasteiger partial charge on any atom is -0.396 e. The van der Waals surface area contributed by atoms with Gasteiger partial charge in [0.15, 0.2) is 0 Å². The fourth-order valence-corrected chi connectivity index (χ4v) is 1.10. The van der Waals surface area contributed by atoms with Crippen molar-refractivity contribution in [1.29, 1.82) is 0 Å². The molecule has 0 spiro atoms. The third-order valence-corrected chi connectivity index (χ3v) is 2.11. The van der Waals surface area contributed by atoms with E-state index in [9.17, 15) is 8.78 Å². The van der Waals surface area contributed by atoms with Gasteiger partial charge in [0, 0.05) is 6.61 Å². The lowest BCUT2D eigenvalue weighted by Crippen LogP contribution is -2.12. The summed E-state index contributed by atoms with van der Waals surface area (Å²) in [6, 6.07) is 0. The molecule has 1 nitrogen and oxygen atoms in total. The molecule has 82 valence electrons. The topological polar surface area (TPSA) is 20.2 Å². The highest BCUT2D eigenvalue weighted by molar-refractivity contribution is 4.60. The van der Waals surface area contributed by atoms with E-state index in [2.05, 4.69) is 20.8 Å². The fraction of sp³-hybridized carbons (Fsp3) is 1.00. The lowest BCUT2D eigenvalue weighted by atomic mass is 9.92. The maximum absolute atomic E-state index is 9.62. The zero-order valence-electron chi connectivity index (χ0n) is 8.89. The van der Waals surface area contributed by atoms with Crippen LogP contribution in [0.1, 0.15) is 40.0 Å². The molecular weight excluding hydrogens is 174 g/mol. The average Bonchev–Trinajstić information content (AvgIpc) is 2.06. The third-order valence-electron chi connectivity index (χ3n) is 2.11. The van der Waals surface area contributed by atoms with Crippen LogP contribution >= 0.6 is 0 Å².